The molecule has 2 unspecified atom stereocenters. The van der Waals surface area contributed by atoms with E-state index in [1.165, 1.54) is 18.2 Å². The average Bonchev–Trinajstić information content (AvgIpc) is 3.35. The fourth-order valence-electron chi connectivity index (χ4n) is 5.10. The summed E-state index contributed by atoms with van der Waals surface area (Å²) in [7, 11) is -1.73. The van der Waals surface area contributed by atoms with Crippen molar-refractivity contribution in [2.45, 2.75) is 48.1 Å². The fourth-order valence-corrected chi connectivity index (χ4v) is 7.18. The maximum atomic E-state index is 13.4. The number of likely N-dealkylation sites (tertiary alicyclic amines) is 1. The molecule has 1 aromatic rings. The molecule has 0 aromatic heterocycles. The van der Waals surface area contributed by atoms with Crippen molar-refractivity contribution in [1.82, 2.24) is 20.0 Å². The zero-order valence-corrected chi connectivity index (χ0v) is 21.9. The molecule has 8 nitrogen and oxygen atoms in total. The van der Waals surface area contributed by atoms with E-state index in [-0.39, 0.29) is 33.5 Å². The Balaban J connectivity index is 1.36. The lowest BCUT2D eigenvalue weighted by Crippen LogP contribution is -2.55. The summed E-state index contributed by atoms with van der Waals surface area (Å²) in [6.07, 6.45) is 3.84. The van der Waals surface area contributed by atoms with E-state index in [4.69, 9.17) is 27.9 Å². The molecule has 0 spiro atoms. The Hall–Kier alpha value is -0.940. The number of nitrogens with one attached hydrogen (secondary N) is 1. The van der Waals surface area contributed by atoms with Crippen LogP contribution in [0.1, 0.15) is 25.7 Å². The molecule has 34 heavy (non-hydrogen) atoms. The molecule has 4 rings (SSSR count). The normalized spacial score (nSPS) is 24.4. The lowest BCUT2D eigenvalue weighted by molar-refractivity contribution is -0.139. The van der Waals surface area contributed by atoms with Crippen LogP contribution in [0.2, 0.25) is 10.0 Å². The topological polar surface area (TPSA) is 82.2 Å². The number of piperidine rings is 1. The van der Waals surface area contributed by atoms with Crippen molar-refractivity contribution < 1.29 is 17.9 Å². The Labute approximate surface area is 212 Å². The van der Waals surface area contributed by atoms with Gasteiger partial charge in [-0.15, -0.1) is 0 Å². The first-order valence-electron chi connectivity index (χ1n) is 12.0. The molecule has 3 fully saturated rings. The summed E-state index contributed by atoms with van der Waals surface area (Å²) in [6, 6.07) is 4.44. The van der Waals surface area contributed by atoms with Crippen LogP contribution in [0.5, 0.6) is 0 Å². The van der Waals surface area contributed by atoms with Crippen LogP contribution in [-0.4, -0.2) is 106 Å². The number of hydrogen-bond donors (Lipinski definition) is 1. The number of piperazine rings is 1. The molecule has 0 radical (unpaired) electrons. The first-order valence-corrected chi connectivity index (χ1v) is 14.3. The average molecular weight is 534 g/mol. The van der Waals surface area contributed by atoms with Crippen molar-refractivity contribution in [2.24, 2.45) is 0 Å². The van der Waals surface area contributed by atoms with Gasteiger partial charge in [0.1, 0.15) is 6.61 Å². The van der Waals surface area contributed by atoms with Gasteiger partial charge < -0.3 is 19.9 Å². The highest BCUT2D eigenvalue weighted by atomic mass is 35.5. The molecular formula is C23H34Cl2N4O4S. The van der Waals surface area contributed by atoms with Gasteiger partial charge in [-0.3, -0.25) is 9.69 Å². The number of halogens is 2. The zero-order valence-electron chi connectivity index (χ0n) is 19.6. The van der Waals surface area contributed by atoms with Crippen LogP contribution in [-0.2, 0) is 19.4 Å². The monoisotopic (exact) mass is 532 g/mol. The van der Waals surface area contributed by atoms with Crippen molar-refractivity contribution >= 4 is 38.9 Å². The van der Waals surface area contributed by atoms with E-state index in [1.54, 1.807) is 4.90 Å². The molecule has 1 N–H and O–H groups in total. The van der Waals surface area contributed by atoms with Gasteiger partial charge in [-0.2, -0.15) is 0 Å². The molecule has 1 aromatic carbocycles. The summed E-state index contributed by atoms with van der Waals surface area (Å²) in [5.41, 5.74) is -1.17. The summed E-state index contributed by atoms with van der Waals surface area (Å²) in [5, 5.41) is 3.66. The highest BCUT2D eigenvalue weighted by Gasteiger charge is 2.38. The molecule has 3 heterocycles. The minimum atomic E-state index is -3.89. The number of benzene rings is 1. The summed E-state index contributed by atoms with van der Waals surface area (Å²) >= 11 is 12.0. The van der Waals surface area contributed by atoms with Gasteiger partial charge in [0, 0.05) is 38.3 Å². The lowest BCUT2D eigenvalue weighted by Gasteiger charge is -2.42. The van der Waals surface area contributed by atoms with Gasteiger partial charge in [-0.05, 0) is 70.6 Å². The molecule has 3 aliphatic heterocycles. The molecule has 3 saturated heterocycles. The fraction of sp³-hybridized carbons (Fsp3) is 0.696. The third kappa shape index (κ3) is 6.06. The summed E-state index contributed by atoms with van der Waals surface area (Å²) in [4.78, 5) is 19.6. The Morgan fingerprint density at radius 3 is 2.41 bits per heavy atom. The number of carbonyl (C=O) groups excluding carboxylic acids is 1. The molecular weight excluding hydrogens is 499 g/mol. The van der Waals surface area contributed by atoms with E-state index < -0.39 is 15.3 Å². The lowest BCUT2D eigenvalue weighted by atomic mass is 10.0. The standard InChI is InChI=1S/C23H34Cl2N4O4S/c1-27-9-6-17(7-10-27)28-11-13-29(14-12-28)22(30)16-33-23(21-3-2-8-26-21)34(31,32)18-4-5-19(24)20(25)15-18/h4-5,15,17,21,23,26H,2-3,6-14,16H2,1H3. The van der Waals surface area contributed by atoms with E-state index in [1.807, 2.05) is 0 Å². The second-order valence-corrected chi connectivity index (χ2v) is 12.3. The zero-order chi connectivity index (χ0) is 24.3. The molecule has 2 atom stereocenters. The summed E-state index contributed by atoms with van der Waals surface area (Å²) < 4.78 is 32.7. The first kappa shape index (κ1) is 26.1. The van der Waals surface area contributed by atoms with Crippen LogP contribution in [0.3, 0.4) is 0 Å². The Morgan fingerprint density at radius 1 is 1.09 bits per heavy atom. The minimum Gasteiger partial charge on any atom is -0.350 e. The number of rotatable bonds is 7. The molecule has 190 valence electrons. The maximum Gasteiger partial charge on any atom is 0.248 e. The molecule has 0 saturated carbocycles. The van der Waals surface area contributed by atoms with Crippen LogP contribution < -0.4 is 5.32 Å². The number of carbonyl (C=O) groups is 1. The van der Waals surface area contributed by atoms with Gasteiger partial charge in [0.15, 0.2) is 5.44 Å². The number of sulfone groups is 1. The van der Waals surface area contributed by atoms with Crippen molar-refractivity contribution in [3.8, 4) is 0 Å². The molecule has 1 amide bonds. The van der Waals surface area contributed by atoms with Crippen LogP contribution in [0.25, 0.3) is 0 Å². The smallest absolute Gasteiger partial charge is 0.248 e. The van der Waals surface area contributed by atoms with Crippen molar-refractivity contribution in [1.29, 1.82) is 0 Å². The summed E-state index contributed by atoms with van der Waals surface area (Å²) in [5.74, 6) is -0.171. The highest BCUT2D eigenvalue weighted by molar-refractivity contribution is 7.92. The van der Waals surface area contributed by atoms with Crippen molar-refractivity contribution in [3.63, 3.8) is 0 Å². The predicted molar refractivity (Wildman–Crippen MR) is 133 cm³/mol. The van der Waals surface area contributed by atoms with Crippen molar-refractivity contribution in [2.75, 3.05) is 59.5 Å². The predicted octanol–water partition coefficient (Wildman–Crippen LogP) is 2.10. The largest absolute Gasteiger partial charge is 0.350 e. The number of ether oxygens (including phenoxy) is 1. The van der Waals surface area contributed by atoms with E-state index in [0.717, 1.165) is 45.4 Å². The van der Waals surface area contributed by atoms with Gasteiger partial charge in [-0.25, -0.2) is 8.42 Å². The van der Waals surface area contributed by atoms with E-state index >= 15 is 0 Å². The molecule has 11 heteroatoms. The van der Waals surface area contributed by atoms with Gasteiger partial charge >= 0.3 is 0 Å². The number of nitrogens with zero attached hydrogens (tertiary/aromatic N) is 3. The SMILES string of the molecule is CN1CCC(N2CCN(C(=O)COC(C3CCCN3)S(=O)(=O)c3ccc(Cl)c(Cl)c3)CC2)CC1. The Kier molecular flexibility index (Phi) is 8.77. The van der Waals surface area contributed by atoms with Gasteiger partial charge in [0.2, 0.25) is 15.7 Å². The second-order valence-electron chi connectivity index (χ2n) is 9.45. The molecule has 0 aliphatic carbocycles. The third-order valence-corrected chi connectivity index (χ3v) is 9.92. The number of amides is 1. The van der Waals surface area contributed by atoms with Gasteiger partial charge in [0.05, 0.1) is 14.9 Å². The van der Waals surface area contributed by atoms with Crippen LogP contribution in [0.15, 0.2) is 23.1 Å². The maximum absolute atomic E-state index is 13.4. The van der Waals surface area contributed by atoms with E-state index in [0.29, 0.717) is 32.1 Å². The first-order chi connectivity index (χ1) is 16.3. The van der Waals surface area contributed by atoms with Crippen LogP contribution >= 0.6 is 23.2 Å². The third-order valence-electron chi connectivity index (χ3n) is 7.19. The van der Waals surface area contributed by atoms with Crippen LogP contribution in [0.4, 0.5) is 0 Å². The Bertz CT molecular complexity index is 958. The van der Waals surface area contributed by atoms with Crippen LogP contribution in [0, 0.1) is 0 Å². The minimum absolute atomic E-state index is 0.0415. The molecule has 3 aliphatic rings. The summed E-state index contributed by atoms with van der Waals surface area (Å²) in [6.45, 7) is 5.64. The van der Waals surface area contributed by atoms with Gasteiger partial charge in [-0.1, -0.05) is 23.2 Å². The molecule has 0 bridgehead atoms. The second kappa shape index (κ2) is 11.4. The Morgan fingerprint density at radius 2 is 1.79 bits per heavy atom. The quantitative estimate of drug-likeness (QED) is 0.575. The number of hydrogen-bond acceptors (Lipinski definition) is 7. The van der Waals surface area contributed by atoms with E-state index in [2.05, 4.69) is 22.2 Å². The van der Waals surface area contributed by atoms with Crippen molar-refractivity contribution in [3.05, 3.63) is 28.2 Å². The van der Waals surface area contributed by atoms with Gasteiger partial charge in [0.25, 0.3) is 0 Å². The highest BCUT2D eigenvalue weighted by Crippen LogP contribution is 2.29. The van der Waals surface area contributed by atoms with E-state index in [9.17, 15) is 13.2 Å².